The molecule has 0 saturated carbocycles. The SMILES string of the molecule is CC(CCO)CNC(C)CCc1ccc(OC(F)F)cc1. The summed E-state index contributed by atoms with van der Waals surface area (Å²) in [6.07, 6.45) is 2.67. The molecule has 0 heterocycles. The number of halogens is 2. The van der Waals surface area contributed by atoms with Crippen LogP contribution >= 0.6 is 0 Å². The van der Waals surface area contributed by atoms with Gasteiger partial charge in [-0.3, -0.25) is 0 Å². The molecule has 0 radical (unpaired) electrons. The summed E-state index contributed by atoms with van der Waals surface area (Å²) in [5.41, 5.74) is 1.11. The van der Waals surface area contributed by atoms with E-state index in [4.69, 9.17) is 5.11 Å². The number of aliphatic hydroxyl groups excluding tert-OH is 1. The summed E-state index contributed by atoms with van der Waals surface area (Å²) in [5.74, 6) is 0.654. The molecule has 0 saturated heterocycles. The summed E-state index contributed by atoms with van der Waals surface area (Å²) in [7, 11) is 0. The second kappa shape index (κ2) is 9.68. The molecule has 0 spiro atoms. The van der Waals surface area contributed by atoms with E-state index in [1.54, 1.807) is 12.1 Å². The van der Waals surface area contributed by atoms with Gasteiger partial charge in [0.1, 0.15) is 5.75 Å². The van der Waals surface area contributed by atoms with Crippen LogP contribution in [0.5, 0.6) is 5.75 Å². The maximum absolute atomic E-state index is 12.0. The fourth-order valence-corrected chi connectivity index (χ4v) is 2.05. The lowest BCUT2D eigenvalue weighted by Gasteiger charge is -2.17. The van der Waals surface area contributed by atoms with Gasteiger partial charge in [0, 0.05) is 12.6 Å². The Kier molecular flexibility index (Phi) is 8.23. The van der Waals surface area contributed by atoms with E-state index in [-0.39, 0.29) is 12.4 Å². The largest absolute Gasteiger partial charge is 0.435 e. The molecular weight excluding hydrogens is 276 g/mol. The number of aliphatic hydroxyl groups is 1. The second-order valence-electron chi connectivity index (χ2n) is 5.49. The molecular formula is C16H25F2NO2. The molecule has 1 aromatic carbocycles. The van der Waals surface area contributed by atoms with Crippen molar-refractivity contribution in [2.24, 2.45) is 5.92 Å². The summed E-state index contributed by atoms with van der Waals surface area (Å²) >= 11 is 0. The molecule has 0 bridgehead atoms. The van der Waals surface area contributed by atoms with Crippen molar-refractivity contribution in [3.05, 3.63) is 29.8 Å². The summed E-state index contributed by atoms with van der Waals surface area (Å²) in [6, 6.07) is 7.16. The van der Waals surface area contributed by atoms with Crippen molar-refractivity contribution in [1.29, 1.82) is 0 Å². The van der Waals surface area contributed by atoms with Crippen LogP contribution in [0.25, 0.3) is 0 Å². The quantitative estimate of drug-likeness (QED) is 0.697. The third kappa shape index (κ3) is 7.97. The Morgan fingerprint density at radius 1 is 1.14 bits per heavy atom. The van der Waals surface area contributed by atoms with Crippen molar-refractivity contribution in [3.63, 3.8) is 0 Å². The highest BCUT2D eigenvalue weighted by Gasteiger charge is 2.07. The molecule has 0 aliphatic heterocycles. The third-order valence-electron chi connectivity index (χ3n) is 3.45. The topological polar surface area (TPSA) is 41.5 Å². The molecule has 2 unspecified atom stereocenters. The number of rotatable bonds is 10. The smallest absolute Gasteiger partial charge is 0.387 e. The zero-order valence-corrected chi connectivity index (χ0v) is 12.7. The zero-order valence-electron chi connectivity index (χ0n) is 12.7. The van der Waals surface area contributed by atoms with Gasteiger partial charge < -0.3 is 15.2 Å². The molecule has 1 rings (SSSR count). The molecule has 3 nitrogen and oxygen atoms in total. The minimum absolute atomic E-state index is 0.192. The predicted octanol–water partition coefficient (Wildman–Crippen LogP) is 3.22. The van der Waals surface area contributed by atoms with E-state index < -0.39 is 6.61 Å². The fraction of sp³-hybridized carbons (Fsp3) is 0.625. The van der Waals surface area contributed by atoms with E-state index in [0.717, 1.165) is 31.4 Å². The molecule has 21 heavy (non-hydrogen) atoms. The number of nitrogens with one attached hydrogen (secondary N) is 1. The lowest BCUT2D eigenvalue weighted by molar-refractivity contribution is -0.0498. The van der Waals surface area contributed by atoms with Crippen molar-refractivity contribution in [2.75, 3.05) is 13.2 Å². The molecule has 2 atom stereocenters. The van der Waals surface area contributed by atoms with Crippen molar-refractivity contribution >= 4 is 0 Å². The Morgan fingerprint density at radius 3 is 2.38 bits per heavy atom. The Balaban J connectivity index is 2.27. The molecule has 2 N–H and O–H groups in total. The number of hydrogen-bond donors (Lipinski definition) is 2. The summed E-state index contributed by atoms with van der Waals surface area (Å²) in [6.45, 7) is 2.58. The molecule has 0 fully saturated rings. The maximum Gasteiger partial charge on any atom is 0.387 e. The Labute approximate surface area is 125 Å². The number of alkyl halides is 2. The van der Waals surface area contributed by atoms with Crippen LogP contribution in [0.3, 0.4) is 0 Å². The first-order valence-corrected chi connectivity index (χ1v) is 7.39. The van der Waals surface area contributed by atoms with E-state index in [2.05, 4.69) is 23.9 Å². The summed E-state index contributed by atoms with van der Waals surface area (Å²) in [5, 5.41) is 12.3. The van der Waals surface area contributed by atoms with Crippen LogP contribution in [-0.4, -0.2) is 30.9 Å². The van der Waals surface area contributed by atoms with Crippen LogP contribution in [0.1, 0.15) is 32.3 Å². The first-order valence-electron chi connectivity index (χ1n) is 7.39. The highest BCUT2D eigenvalue weighted by molar-refractivity contribution is 5.27. The molecule has 5 heteroatoms. The number of hydrogen-bond acceptors (Lipinski definition) is 3. The number of benzene rings is 1. The minimum atomic E-state index is -2.78. The lowest BCUT2D eigenvalue weighted by Crippen LogP contribution is -2.31. The molecule has 0 amide bonds. The molecule has 0 aliphatic carbocycles. The van der Waals surface area contributed by atoms with Gasteiger partial charge in [-0.25, -0.2) is 0 Å². The average molecular weight is 301 g/mol. The van der Waals surface area contributed by atoms with Crippen molar-refractivity contribution in [1.82, 2.24) is 5.32 Å². The average Bonchev–Trinajstić information content (AvgIpc) is 2.44. The number of ether oxygens (including phenoxy) is 1. The van der Waals surface area contributed by atoms with Gasteiger partial charge in [-0.2, -0.15) is 8.78 Å². The summed E-state index contributed by atoms with van der Waals surface area (Å²) < 4.78 is 28.4. The molecule has 0 aromatic heterocycles. The standard InChI is InChI=1S/C16H25F2NO2/c1-12(9-10-20)11-19-13(2)3-4-14-5-7-15(8-6-14)21-16(17)18/h5-8,12-13,16,19-20H,3-4,9-11H2,1-2H3. The minimum Gasteiger partial charge on any atom is -0.435 e. The van der Waals surface area contributed by atoms with Crippen molar-refractivity contribution in [2.45, 2.75) is 45.8 Å². The maximum atomic E-state index is 12.0. The summed E-state index contributed by atoms with van der Waals surface area (Å²) in [4.78, 5) is 0. The number of aryl methyl sites for hydroxylation is 1. The Bertz CT molecular complexity index is 384. The van der Waals surface area contributed by atoms with Crippen LogP contribution in [0.2, 0.25) is 0 Å². The van der Waals surface area contributed by atoms with Gasteiger partial charge in [-0.15, -0.1) is 0 Å². The fourth-order valence-electron chi connectivity index (χ4n) is 2.05. The monoisotopic (exact) mass is 301 g/mol. The Morgan fingerprint density at radius 2 is 1.81 bits per heavy atom. The van der Waals surface area contributed by atoms with Crippen molar-refractivity contribution < 1.29 is 18.6 Å². The zero-order chi connectivity index (χ0) is 15.7. The van der Waals surface area contributed by atoms with Gasteiger partial charge in [0.2, 0.25) is 0 Å². The highest BCUT2D eigenvalue weighted by Crippen LogP contribution is 2.16. The van der Waals surface area contributed by atoms with Crippen LogP contribution in [0.4, 0.5) is 8.78 Å². The van der Waals surface area contributed by atoms with Gasteiger partial charge in [0.25, 0.3) is 0 Å². The van der Waals surface area contributed by atoms with Crippen molar-refractivity contribution in [3.8, 4) is 5.75 Å². The van der Waals surface area contributed by atoms with E-state index in [0.29, 0.717) is 12.0 Å². The van der Waals surface area contributed by atoms with Crippen LogP contribution in [-0.2, 0) is 6.42 Å². The first-order chi connectivity index (χ1) is 10.0. The molecule has 1 aromatic rings. The molecule has 0 aliphatic rings. The van der Waals surface area contributed by atoms with Crippen LogP contribution < -0.4 is 10.1 Å². The van der Waals surface area contributed by atoms with Crippen LogP contribution in [0.15, 0.2) is 24.3 Å². The third-order valence-corrected chi connectivity index (χ3v) is 3.45. The van der Waals surface area contributed by atoms with Crippen LogP contribution in [0, 0.1) is 5.92 Å². The predicted molar refractivity (Wildman–Crippen MR) is 79.7 cm³/mol. The van der Waals surface area contributed by atoms with Gasteiger partial charge in [0.15, 0.2) is 0 Å². The molecule has 120 valence electrons. The highest BCUT2D eigenvalue weighted by atomic mass is 19.3. The van der Waals surface area contributed by atoms with Gasteiger partial charge in [0.05, 0.1) is 0 Å². The van der Waals surface area contributed by atoms with Gasteiger partial charge in [-0.05, 0) is 56.3 Å². The normalized spacial score (nSPS) is 14.2. The first kappa shape index (κ1) is 17.9. The van der Waals surface area contributed by atoms with E-state index >= 15 is 0 Å². The van der Waals surface area contributed by atoms with E-state index in [1.165, 1.54) is 0 Å². The van der Waals surface area contributed by atoms with E-state index in [9.17, 15) is 8.78 Å². The second-order valence-corrected chi connectivity index (χ2v) is 5.49. The Hall–Kier alpha value is -1.20. The van der Waals surface area contributed by atoms with Gasteiger partial charge >= 0.3 is 6.61 Å². The lowest BCUT2D eigenvalue weighted by atomic mass is 10.0. The van der Waals surface area contributed by atoms with E-state index in [1.807, 2.05) is 12.1 Å². The van der Waals surface area contributed by atoms with Gasteiger partial charge in [-0.1, -0.05) is 19.1 Å².